The number of aromatic nitrogens is 2. The molecule has 0 unspecified atom stereocenters. The molecule has 6 heteroatoms. The van der Waals surface area contributed by atoms with Crippen LogP contribution < -0.4 is 0 Å². The second-order valence-electron chi connectivity index (χ2n) is 5.13. The summed E-state index contributed by atoms with van der Waals surface area (Å²) in [5.74, 6) is 0.837. The zero-order valence-electron chi connectivity index (χ0n) is 11.4. The van der Waals surface area contributed by atoms with Crippen molar-refractivity contribution in [3.05, 3.63) is 22.8 Å². The van der Waals surface area contributed by atoms with Crippen LogP contribution in [-0.2, 0) is 13.2 Å². The van der Waals surface area contributed by atoms with Gasteiger partial charge in [0.15, 0.2) is 5.82 Å². The third-order valence-electron chi connectivity index (χ3n) is 3.56. The highest BCUT2D eigenvalue weighted by molar-refractivity contribution is 7.15. The van der Waals surface area contributed by atoms with E-state index in [1.807, 2.05) is 6.07 Å². The molecule has 0 atom stereocenters. The molecule has 20 heavy (non-hydrogen) atoms. The van der Waals surface area contributed by atoms with Crippen LogP contribution in [0.4, 0.5) is 0 Å². The maximum absolute atomic E-state index is 8.96. The molecule has 0 bridgehead atoms. The molecule has 0 aromatic carbocycles. The fourth-order valence-corrected chi connectivity index (χ4v) is 3.48. The number of likely N-dealkylation sites (tertiary alicyclic amines) is 1. The molecule has 1 aliphatic heterocycles. The third kappa shape index (κ3) is 3.26. The van der Waals surface area contributed by atoms with Crippen molar-refractivity contribution < 1.29 is 9.63 Å². The van der Waals surface area contributed by atoms with E-state index < -0.39 is 0 Å². The molecule has 3 heterocycles. The van der Waals surface area contributed by atoms with E-state index in [0.717, 1.165) is 11.4 Å². The van der Waals surface area contributed by atoms with E-state index in [-0.39, 0.29) is 6.61 Å². The van der Waals surface area contributed by atoms with Gasteiger partial charge >= 0.3 is 0 Å². The van der Waals surface area contributed by atoms with Gasteiger partial charge in [-0.1, -0.05) is 18.0 Å². The lowest BCUT2D eigenvalue weighted by Crippen LogP contribution is -2.23. The number of rotatable bonds is 4. The largest absolute Gasteiger partial charge is 0.388 e. The molecule has 108 valence electrons. The average Bonchev–Trinajstić information content (AvgIpc) is 3.04. The van der Waals surface area contributed by atoms with E-state index in [0.29, 0.717) is 11.7 Å². The number of aliphatic hydroxyl groups excluding tert-OH is 1. The summed E-state index contributed by atoms with van der Waals surface area (Å²) in [6, 6.07) is 4.15. The summed E-state index contributed by atoms with van der Waals surface area (Å²) < 4.78 is 5.14. The molecule has 1 aliphatic rings. The predicted octanol–water partition coefficient (Wildman–Crippen LogP) is 2.67. The quantitative estimate of drug-likeness (QED) is 0.939. The maximum atomic E-state index is 8.96. The lowest BCUT2D eigenvalue weighted by molar-refractivity contribution is 0.264. The number of aliphatic hydroxyl groups is 1. The Hall–Kier alpha value is -1.24. The van der Waals surface area contributed by atoms with Crippen LogP contribution in [0, 0.1) is 0 Å². The molecule has 0 spiro atoms. The zero-order valence-corrected chi connectivity index (χ0v) is 12.2. The van der Waals surface area contributed by atoms with E-state index in [1.54, 1.807) is 11.3 Å². The van der Waals surface area contributed by atoms with Crippen molar-refractivity contribution in [3.63, 3.8) is 0 Å². The van der Waals surface area contributed by atoms with Gasteiger partial charge in [0.25, 0.3) is 5.89 Å². The van der Waals surface area contributed by atoms with E-state index in [1.165, 1.54) is 43.6 Å². The van der Waals surface area contributed by atoms with Gasteiger partial charge in [0, 0.05) is 11.4 Å². The second-order valence-corrected chi connectivity index (χ2v) is 6.30. The van der Waals surface area contributed by atoms with Crippen molar-refractivity contribution in [2.24, 2.45) is 0 Å². The fraction of sp³-hybridized carbons (Fsp3) is 0.571. The minimum Gasteiger partial charge on any atom is -0.388 e. The number of hydrogen-bond donors (Lipinski definition) is 1. The summed E-state index contributed by atoms with van der Waals surface area (Å²) in [5.41, 5.74) is 0. The summed E-state index contributed by atoms with van der Waals surface area (Å²) in [4.78, 5) is 8.97. The maximum Gasteiger partial charge on any atom is 0.268 e. The van der Waals surface area contributed by atoms with E-state index in [9.17, 15) is 0 Å². The fourth-order valence-electron chi connectivity index (χ4n) is 2.51. The van der Waals surface area contributed by atoms with Gasteiger partial charge in [-0.2, -0.15) is 4.98 Å². The highest BCUT2D eigenvalue weighted by atomic mass is 32.1. The van der Waals surface area contributed by atoms with Gasteiger partial charge in [-0.3, -0.25) is 4.90 Å². The summed E-state index contributed by atoms with van der Waals surface area (Å²) >= 11 is 1.69. The minimum atomic E-state index is -0.185. The van der Waals surface area contributed by atoms with Crippen molar-refractivity contribution >= 4 is 11.3 Å². The lowest BCUT2D eigenvalue weighted by Gasteiger charge is -2.18. The molecule has 3 rings (SSSR count). The summed E-state index contributed by atoms with van der Waals surface area (Å²) in [6.07, 6.45) is 5.33. The molecule has 0 aliphatic carbocycles. The Bertz CT molecular complexity index is 544. The Balaban J connectivity index is 1.66. The molecule has 0 saturated carbocycles. The molecule has 5 nitrogen and oxygen atoms in total. The standard InChI is InChI=1S/C14H19N3O2S/c18-10-13-15-14(19-16-13)12-6-5-11(20-12)9-17-7-3-1-2-4-8-17/h5-6,18H,1-4,7-10H2. The van der Waals surface area contributed by atoms with Crippen LogP contribution in [0.1, 0.15) is 36.4 Å². The first-order valence-corrected chi connectivity index (χ1v) is 7.91. The number of thiophene rings is 1. The highest BCUT2D eigenvalue weighted by Gasteiger charge is 2.14. The SMILES string of the molecule is OCc1noc(-c2ccc(CN3CCCCCC3)s2)n1. The highest BCUT2D eigenvalue weighted by Crippen LogP contribution is 2.28. The summed E-state index contributed by atoms with van der Waals surface area (Å²) in [6.45, 7) is 3.21. The van der Waals surface area contributed by atoms with Crippen molar-refractivity contribution in [2.75, 3.05) is 13.1 Å². The van der Waals surface area contributed by atoms with Crippen LogP contribution in [0.2, 0.25) is 0 Å². The Labute approximate surface area is 122 Å². The van der Waals surface area contributed by atoms with Crippen LogP contribution in [0.25, 0.3) is 10.8 Å². The van der Waals surface area contributed by atoms with Crippen LogP contribution in [0.15, 0.2) is 16.7 Å². The van der Waals surface area contributed by atoms with Crippen LogP contribution >= 0.6 is 11.3 Å². The van der Waals surface area contributed by atoms with Gasteiger partial charge in [0.1, 0.15) is 6.61 Å². The molecular formula is C14H19N3O2S. The Morgan fingerprint density at radius 1 is 1.20 bits per heavy atom. The van der Waals surface area contributed by atoms with Gasteiger partial charge in [0.2, 0.25) is 0 Å². The first-order chi connectivity index (χ1) is 9.85. The molecule has 2 aromatic rings. The minimum absolute atomic E-state index is 0.185. The number of nitrogens with zero attached hydrogens (tertiary/aromatic N) is 3. The zero-order chi connectivity index (χ0) is 13.8. The molecular weight excluding hydrogens is 274 g/mol. The van der Waals surface area contributed by atoms with Crippen molar-refractivity contribution in [1.82, 2.24) is 15.0 Å². The van der Waals surface area contributed by atoms with E-state index >= 15 is 0 Å². The van der Waals surface area contributed by atoms with Gasteiger partial charge in [-0.05, 0) is 38.1 Å². The topological polar surface area (TPSA) is 62.4 Å². The van der Waals surface area contributed by atoms with E-state index in [4.69, 9.17) is 9.63 Å². The van der Waals surface area contributed by atoms with Gasteiger partial charge in [-0.15, -0.1) is 11.3 Å². The molecule has 2 aromatic heterocycles. The van der Waals surface area contributed by atoms with Crippen LogP contribution in [-0.4, -0.2) is 33.2 Å². The van der Waals surface area contributed by atoms with Gasteiger partial charge < -0.3 is 9.63 Å². The normalized spacial score (nSPS) is 17.2. The summed E-state index contributed by atoms with van der Waals surface area (Å²) in [7, 11) is 0. The Morgan fingerprint density at radius 2 is 2.00 bits per heavy atom. The first-order valence-electron chi connectivity index (χ1n) is 7.10. The van der Waals surface area contributed by atoms with Crippen molar-refractivity contribution in [2.45, 2.75) is 38.8 Å². The van der Waals surface area contributed by atoms with Crippen LogP contribution in [0.5, 0.6) is 0 Å². The van der Waals surface area contributed by atoms with Crippen molar-refractivity contribution in [1.29, 1.82) is 0 Å². The molecule has 1 N–H and O–H groups in total. The number of hydrogen-bond acceptors (Lipinski definition) is 6. The van der Waals surface area contributed by atoms with Gasteiger partial charge in [0.05, 0.1) is 4.88 Å². The smallest absolute Gasteiger partial charge is 0.268 e. The Morgan fingerprint density at radius 3 is 2.70 bits per heavy atom. The summed E-state index contributed by atoms with van der Waals surface area (Å²) in [5, 5.41) is 12.7. The third-order valence-corrected chi connectivity index (χ3v) is 4.62. The van der Waals surface area contributed by atoms with Gasteiger partial charge in [-0.25, -0.2) is 0 Å². The Kier molecular flexibility index (Phi) is 4.44. The lowest BCUT2D eigenvalue weighted by atomic mass is 10.2. The monoisotopic (exact) mass is 293 g/mol. The predicted molar refractivity (Wildman–Crippen MR) is 77.3 cm³/mol. The average molecular weight is 293 g/mol. The molecule has 0 amide bonds. The van der Waals surface area contributed by atoms with E-state index in [2.05, 4.69) is 21.1 Å². The molecule has 1 saturated heterocycles. The first kappa shape index (κ1) is 13.7. The molecule has 1 fully saturated rings. The molecule has 0 radical (unpaired) electrons. The van der Waals surface area contributed by atoms with Crippen molar-refractivity contribution in [3.8, 4) is 10.8 Å². The van der Waals surface area contributed by atoms with Crippen LogP contribution in [0.3, 0.4) is 0 Å². The second kappa shape index (κ2) is 6.47.